The maximum atomic E-state index is 4.46. The van der Waals surface area contributed by atoms with Crippen molar-refractivity contribution in [3.8, 4) is 11.4 Å². The molecule has 0 saturated carbocycles. The highest BCUT2D eigenvalue weighted by molar-refractivity contribution is 5.56. The molecule has 2 heterocycles. The summed E-state index contributed by atoms with van der Waals surface area (Å²) in [4.78, 5) is 4.46. The fourth-order valence-corrected chi connectivity index (χ4v) is 1.41. The molecule has 1 N–H and O–H groups in total. The number of hydrogen-bond donors (Lipinski definition) is 1. The van der Waals surface area contributed by atoms with Crippen LogP contribution in [0.15, 0.2) is 30.5 Å². The number of nitrogens with zero attached hydrogens (tertiary/aromatic N) is 3. The Bertz CT molecular complexity index is 447. The Morgan fingerprint density at radius 2 is 2.13 bits per heavy atom. The SMILES string of the molecule is CCNc1cccc(-c2ccn(C)n2)n1. The molecule has 4 nitrogen and oxygen atoms in total. The van der Waals surface area contributed by atoms with Gasteiger partial charge in [0.15, 0.2) is 0 Å². The summed E-state index contributed by atoms with van der Waals surface area (Å²) >= 11 is 0. The molecule has 2 aromatic heterocycles. The highest BCUT2D eigenvalue weighted by Gasteiger charge is 2.02. The highest BCUT2D eigenvalue weighted by atomic mass is 15.2. The van der Waals surface area contributed by atoms with Gasteiger partial charge in [-0.3, -0.25) is 4.68 Å². The van der Waals surface area contributed by atoms with E-state index < -0.39 is 0 Å². The van der Waals surface area contributed by atoms with Gasteiger partial charge in [0.2, 0.25) is 0 Å². The lowest BCUT2D eigenvalue weighted by atomic mass is 10.3. The Labute approximate surface area is 89.0 Å². The number of aryl methyl sites for hydroxylation is 1. The monoisotopic (exact) mass is 202 g/mol. The van der Waals surface area contributed by atoms with Gasteiger partial charge in [-0.1, -0.05) is 6.07 Å². The van der Waals surface area contributed by atoms with Gasteiger partial charge >= 0.3 is 0 Å². The van der Waals surface area contributed by atoms with Crippen molar-refractivity contribution in [1.82, 2.24) is 14.8 Å². The summed E-state index contributed by atoms with van der Waals surface area (Å²) in [5.74, 6) is 0.889. The van der Waals surface area contributed by atoms with Crippen LogP contribution in [0, 0.1) is 0 Å². The predicted octanol–water partition coefficient (Wildman–Crippen LogP) is 1.91. The van der Waals surface area contributed by atoms with Crippen LogP contribution in [0.3, 0.4) is 0 Å². The van der Waals surface area contributed by atoms with Crippen LogP contribution in [-0.2, 0) is 7.05 Å². The molecule has 0 amide bonds. The van der Waals surface area contributed by atoms with Gasteiger partial charge in [0.25, 0.3) is 0 Å². The molecule has 0 aliphatic rings. The summed E-state index contributed by atoms with van der Waals surface area (Å²) in [7, 11) is 1.90. The van der Waals surface area contributed by atoms with Crippen LogP contribution in [0.25, 0.3) is 11.4 Å². The molecule has 0 radical (unpaired) electrons. The molecule has 78 valence electrons. The van der Waals surface area contributed by atoms with Crippen molar-refractivity contribution >= 4 is 5.82 Å². The van der Waals surface area contributed by atoms with Crippen LogP contribution in [0.2, 0.25) is 0 Å². The Morgan fingerprint density at radius 3 is 2.80 bits per heavy atom. The van der Waals surface area contributed by atoms with Gasteiger partial charge in [-0.25, -0.2) is 4.98 Å². The van der Waals surface area contributed by atoms with Crippen LogP contribution in [0.5, 0.6) is 0 Å². The predicted molar refractivity (Wildman–Crippen MR) is 60.6 cm³/mol. The van der Waals surface area contributed by atoms with E-state index in [-0.39, 0.29) is 0 Å². The van der Waals surface area contributed by atoms with E-state index in [1.54, 1.807) is 4.68 Å². The minimum absolute atomic E-state index is 0.874. The molecule has 15 heavy (non-hydrogen) atoms. The number of nitrogens with one attached hydrogen (secondary N) is 1. The average Bonchev–Trinajstić information content (AvgIpc) is 2.66. The molecule has 4 heteroatoms. The molecular formula is C11H14N4. The summed E-state index contributed by atoms with van der Waals surface area (Å²) in [5, 5.41) is 7.49. The Morgan fingerprint density at radius 1 is 1.27 bits per heavy atom. The minimum atomic E-state index is 0.874. The first-order valence-electron chi connectivity index (χ1n) is 5.00. The Balaban J connectivity index is 2.32. The van der Waals surface area contributed by atoms with E-state index in [1.165, 1.54) is 0 Å². The molecule has 0 aliphatic heterocycles. The van der Waals surface area contributed by atoms with Crippen molar-refractivity contribution in [2.24, 2.45) is 7.05 Å². The van der Waals surface area contributed by atoms with Crippen LogP contribution in [0.4, 0.5) is 5.82 Å². The summed E-state index contributed by atoms with van der Waals surface area (Å²) in [6.07, 6.45) is 1.91. The van der Waals surface area contributed by atoms with Crippen molar-refractivity contribution in [2.45, 2.75) is 6.92 Å². The van der Waals surface area contributed by atoms with Crippen LogP contribution in [0.1, 0.15) is 6.92 Å². The molecule has 0 unspecified atom stereocenters. The molecule has 0 atom stereocenters. The van der Waals surface area contributed by atoms with Gasteiger partial charge in [-0.15, -0.1) is 0 Å². The normalized spacial score (nSPS) is 10.3. The zero-order chi connectivity index (χ0) is 10.7. The first-order chi connectivity index (χ1) is 7.29. The third-order valence-corrected chi connectivity index (χ3v) is 2.08. The highest BCUT2D eigenvalue weighted by Crippen LogP contribution is 2.15. The largest absolute Gasteiger partial charge is 0.370 e. The number of rotatable bonds is 3. The van der Waals surface area contributed by atoms with Gasteiger partial charge in [0.1, 0.15) is 11.5 Å². The van der Waals surface area contributed by atoms with E-state index in [9.17, 15) is 0 Å². The zero-order valence-electron chi connectivity index (χ0n) is 8.94. The lowest BCUT2D eigenvalue weighted by Crippen LogP contribution is -1.99. The third-order valence-electron chi connectivity index (χ3n) is 2.08. The molecule has 0 aromatic carbocycles. The zero-order valence-corrected chi connectivity index (χ0v) is 8.94. The lowest BCUT2D eigenvalue weighted by molar-refractivity contribution is 0.770. The molecule has 0 spiro atoms. The van der Waals surface area contributed by atoms with Gasteiger partial charge in [-0.05, 0) is 25.1 Å². The fourth-order valence-electron chi connectivity index (χ4n) is 1.41. The number of hydrogen-bond acceptors (Lipinski definition) is 3. The Hall–Kier alpha value is -1.84. The summed E-state index contributed by atoms with van der Waals surface area (Å²) in [6.45, 7) is 2.92. The second-order valence-corrected chi connectivity index (χ2v) is 3.31. The van der Waals surface area contributed by atoms with E-state index in [1.807, 2.05) is 37.5 Å². The Kier molecular flexibility index (Phi) is 2.67. The third kappa shape index (κ3) is 2.15. The maximum absolute atomic E-state index is 4.46. The van der Waals surface area contributed by atoms with E-state index in [4.69, 9.17) is 0 Å². The van der Waals surface area contributed by atoms with Crippen LogP contribution >= 0.6 is 0 Å². The van der Waals surface area contributed by atoms with Gasteiger partial charge in [0, 0.05) is 19.8 Å². The summed E-state index contributed by atoms with van der Waals surface area (Å²) < 4.78 is 1.77. The fraction of sp³-hybridized carbons (Fsp3) is 0.273. The first-order valence-corrected chi connectivity index (χ1v) is 5.00. The summed E-state index contributed by atoms with van der Waals surface area (Å²) in [6, 6.07) is 7.85. The minimum Gasteiger partial charge on any atom is -0.370 e. The second kappa shape index (κ2) is 4.13. The standard InChI is InChI=1S/C11H14N4/c1-3-12-11-6-4-5-9(13-11)10-7-8-15(2)14-10/h4-8H,3H2,1-2H3,(H,12,13). The van der Waals surface area contributed by atoms with Gasteiger partial charge in [0.05, 0.1) is 5.69 Å². The van der Waals surface area contributed by atoms with Crippen molar-refractivity contribution in [3.05, 3.63) is 30.5 Å². The first kappa shape index (κ1) is 9.71. The van der Waals surface area contributed by atoms with Gasteiger partial charge in [-0.2, -0.15) is 5.10 Å². The maximum Gasteiger partial charge on any atom is 0.126 e. The average molecular weight is 202 g/mol. The molecule has 2 rings (SSSR count). The molecule has 0 saturated heterocycles. The number of aromatic nitrogens is 3. The lowest BCUT2D eigenvalue weighted by Gasteiger charge is -2.03. The molecule has 0 aliphatic carbocycles. The molecule has 0 bridgehead atoms. The van der Waals surface area contributed by atoms with E-state index in [0.29, 0.717) is 0 Å². The molecule has 0 fully saturated rings. The summed E-state index contributed by atoms with van der Waals surface area (Å²) in [5.41, 5.74) is 1.80. The smallest absolute Gasteiger partial charge is 0.126 e. The number of anilines is 1. The van der Waals surface area contributed by atoms with E-state index in [2.05, 4.69) is 22.3 Å². The van der Waals surface area contributed by atoms with Crippen molar-refractivity contribution in [3.63, 3.8) is 0 Å². The van der Waals surface area contributed by atoms with Gasteiger partial charge < -0.3 is 5.32 Å². The molecule has 2 aromatic rings. The van der Waals surface area contributed by atoms with E-state index >= 15 is 0 Å². The van der Waals surface area contributed by atoms with Crippen molar-refractivity contribution in [1.29, 1.82) is 0 Å². The van der Waals surface area contributed by atoms with E-state index in [0.717, 1.165) is 23.8 Å². The van der Waals surface area contributed by atoms with Crippen molar-refractivity contribution in [2.75, 3.05) is 11.9 Å². The second-order valence-electron chi connectivity index (χ2n) is 3.31. The number of pyridine rings is 1. The topological polar surface area (TPSA) is 42.7 Å². The van der Waals surface area contributed by atoms with Crippen LogP contribution < -0.4 is 5.32 Å². The quantitative estimate of drug-likeness (QED) is 0.826. The van der Waals surface area contributed by atoms with Crippen LogP contribution in [-0.4, -0.2) is 21.3 Å². The van der Waals surface area contributed by atoms with Crippen molar-refractivity contribution < 1.29 is 0 Å². The molecular weight excluding hydrogens is 188 g/mol.